The van der Waals surface area contributed by atoms with Crippen LogP contribution in [0.2, 0.25) is 0 Å². The predicted octanol–water partition coefficient (Wildman–Crippen LogP) is 3.62. The number of carbonyl (C=O) groups excluding carboxylic acids is 3. The van der Waals surface area contributed by atoms with Crippen LogP contribution in [-0.2, 0) is 45.0 Å². The molecule has 0 aliphatic carbocycles. The third-order valence-electron chi connectivity index (χ3n) is 5.35. The topological polar surface area (TPSA) is 140 Å². The van der Waals surface area contributed by atoms with Crippen LogP contribution < -0.4 is 0 Å². The quantitative estimate of drug-likeness (QED) is 0.304. The lowest BCUT2D eigenvalue weighted by Gasteiger charge is -2.14. The minimum atomic E-state index is -3.48. The van der Waals surface area contributed by atoms with Crippen molar-refractivity contribution in [3.8, 4) is 17.2 Å². The molecule has 0 radical (unpaired) electrons. The van der Waals surface area contributed by atoms with Crippen molar-refractivity contribution in [1.29, 1.82) is 0 Å². The van der Waals surface area contributed by atoms with Crippen LogP contribution in [0.4, 0.5) is 0 Å². The first kappa shape index (κ1) is 27.6. The zero-order valence-corrected chi connectivity index (χ0v) is 21.2. The molecule has 0 aliphatic rings. The maximum atomic E-state index is 12.4. The number of aromatic hydroxyl groups is 3. The molecular weight excluding hydrogens is 495 g/mol. The van der Waals surface area contributed by atoms with E-state index in [1.165, 1.54) is 36.4 Å². The van der Waals surface area contributed by atoms with E-state index in [0.717, 1.165) is 16.7 Å². The fraction of sp³-hybridized carbons (Fsp3) is 0.222. The summed E-state index contributed by atoms with van der Waals surface area (Å²) in [5.74, 6) is -1.71. The molecule has 0 fully saturated rings. The van der Waals surface area contributed by atoms with Gasteiger partial charge in [-0.3, -0.25) is 14.4 Å². The van der Waals surface area contributed by atoms with E-state index in [2.05, 4.69) is 0 Å². The standard InChI is InChI=1S/3C9H10O3.Al/c3*10-8-4-1-7(2-5-8)3-6-9(11)12;/h3*1-2,4-5,10H,3,6H2,(H,11,12);/q;;;+3/p-3. The Labute approximate surface area is 219 Å². The van der Waals surface area contributed by atoms with Crippen molar-refractivity contribution in [2.24, 2.45) is 0 Å². The Morgan fingerprint density at radius 3 is 0.973 bits per heavy atom. The van der Waals surface area contributed by atoms with Crippen molar-refractivity contribution >= 4 is 33.1 Å². The normalized spacial score (nSPS) is 10.4. The molecule has 0 spiro atoms. The monoisotopic (exact) mass is 522 g/mol. The zero-order chi connectivity index (χ0) is 26.6. The molecular formula is C27H27AlO9. The van der Waals surface area contributed by atoms with Gasteiger partial charge in [0.25, 0.3) is 17.9 Å². The smallest absolute Gasteiger partial charge is 0.551 e. The lowest BCUT2D eigenvalue weighted by atomic mass is 10.1. The Hall–Kier alpha value is -4.00. The molecule has 0 amide bonds. The first-order chi connectivity index (χ1) is 17.8. The minimum Gasteiger partial charge on any atom is -0.551 e. The number of phenols is 3. The first-order valence-electron chi connectivity index (χ1n) is 11.7. The van der Waals surface area contributed by atoms with Crippen LogP contribution in [0.3, 0.4) is 0 Å². The molecule has 10 heteroatoms. The van der Waals surface area contributed by atoms with Crippen LogP contribution in [-0.4, -0.2) is 48.4 Å². The summed E-state index contributed by atoms with van der Waals surface area (Å²) < 4.78 is 15.8. The summed E-state index contributed by atoms with van der Waals surface area (Å²) in [4.78, 5) is 37.2. The van der Waals surface area contributed by atoms with E-state index in [0.29, 0.717) is 19.3 Å². The molecule has 37 heavy (non-hydrogen) atoms. The molecule has 3 rings (SSSR count). The first-order valence-corrected chi connectivity index (χ1v) is 13.1. The molecule has 192 valence electrons. The van der Waals surface area contributed by atoms with Gasteiger partial charge in [-0.05, 0) is 72.4 Å². The van der Waals surface area contributed by atoms with E-state index in [4.69, 9.17) is 11.4 Å². The molecule has 0 saturated heterocycles. The number of hydrogen-bond acceptors (Lipinski definition) is 9. The molecule has 0 bridgehead atoms. The van der Waals surface area contributed by atoms with Crippen LogP contribution in [0.15, 0.2) is 72.8 Å². The van der Waals surface area contributed by atoms with Crippen LogP contribution in [0.25, 0.3) is 0 Å². The number of carbonyl (C=O) groups is 3. The van der Waals surface area contributed by atoms with Gasteiger partial charge in [-0.1, -0.05) is 36.4 Å². The maximum absolute atomic E-state index is 12.4. The van der Waals surface area contributed by atoms with Gasteiger partial charge in [0.05, 0.1) is 0 Å². The molecule has 0 aromatic heterocycles. The highest BCUT2D eigenvalue weighted by Crippen LogP contribution is 2.15. The van der Waals surface area contributed by atoms with Crippen LogP contribution in [0, 0.1) is 0 Å². The maximum Gasteiger partial charge on any atom is 1.20 e. The molecule has 3 aromatic rings. The molecule has 0 heterocycles. The fourth-order valence-corrected chi connectivity index (χ4v) is 4.44. The van der Waals surface area contributed by atoms with Crippen LogP contribution in [0.5, 0.6) is 17.2 Å². The van der Waals surface area contributed by atoms with E-state index in [1.807, 2.05) is 0 Å². The van der Waals surface area contributed by atoms with Crippen LogP contribution >= 0.6 is 0 Å². The predicted molar refractivity (Wildman–Crippen MR) is 133 cm³/mol. The number of phenolic OH excluding ortho intramolecular Hbond substituents is 3. The summed E-state index contributed by atoms with van der Waals surface area (Å²) in [5.41, 5.74) is 2.39. The highest BCUT2D eigenvalue weighted by atomic mass is 27.3. The third kappa shape index (κ3) is 10.3. The van der Waals surface area contributed by atoms with E-state index in [-0.39, 0.29) is 36.5 Å². The van der Waals surface area contributed by atoms with Crippen LogP contribution in [0.1, 0.15) is 36.0 Å². The summed E-state index contributed by atoms with van der Waals surface area (Å²) in [5, 5.41) is 28.1. The van der Waals surface area contributed by atoms with Gasteiger partial charge in [-0.25, -0.2) is 0 Å². The number of benzene rings is 3. The van der Waals surface area contributed by atoms with E-state index in [1.54, 1.807) is 36.4 Å². The van der Waals surface area contributed by atoms with Crippen molar-refractivity contribution in [3.05, 3.63) is 89.5 Å². The second kappa shape index (κ2) is 13.9. The van der Waals surface area contributed by atoms with Gasteiger partial charge < -0.3 is 26.7 Å². The highest BCUT2D eigenvalue weighted by Gasteiger charge is 2.48. The fourth-order valence-electron chi connectivity index (χ4n) is 3.30. The molecule has 0 aliphatic heterocycles. The molecule has 0 saturated carbocycles. The second-order valence-electron chi connectivity index (χ2n) is 8.26. The van der Waals surface area contributed by atoms with E-state index >= 15 is 0 Å². The zero-order valence-electron chi connectivity index (χ0n) is 20.0. The molecule has 0 unspecified atom stereocenters. The van der Waals surface area contributed by atoms with Crippen molar-refractivity contribution in [2.75, 3.05) is 0 Å². The lowest BCUT2D eigenvalue weighted by molar-refractivity contribution is -0.147. The Kier molecular flexibility index (Phi) is 10.4. The number of hydrogen-bond donors (Lipinski definition) is 3. The van der Waals surface area contributed by atoms with Gasteiger partial charge >= 0.3 is 15.1 Å². The Morgan fingerprint density at radius 1 is 0.486 bits per heavy atom. The minimum absolute atomic E-state index is 0.0373. The third-order valence-corrected chi connectivity index (χ3v) is 6.71. The summed E-state index contributed by atoms with van der Waals surface area (Å²) in [6, 6.07) is 19.0. The Morgan fingerprint density at radius 2 is 0.730 bits per heavy atom. The van der Waals surface area contributed by atoms with Crippen molar-refractivity contribution < 1.29 is 41.1 Å². The van der Waals surface area contributed by atoms with Crippen molar-refractivity contribution in [1.82, 2.24) is 0 Å². The van der Waals surface area contributed by atoms with E-state index in [9.17, 15) is 29.7 Å². The summed E-state index contributed by atoms with van der Waals surface area (Å²) in [7, 11) is 0. The SMILES string of the molecule is O=C(CCc1ccc(O)cc1)[O][Al]([O]C(=O)CCc1ccc(O)cc1)[O]C(=O)CCc1ccc(O)cc1. The Bertz CT molecular complexity index is 1030. The Balaban J connectivity index is 1.55. The summed E-state index contributed by atoms with van der Waals surface area (Å²) >= 11 is -3.48. The van der Waals surface area contributed by atoms with Gasteiger partial charge in [0.1, 0.15) is 17.2 Å². The van der Waals surface area contributed by atoms with Gasteiger partial charge in [-0.2, -0.15) is 0 Å². The van der Waals surface area contributed by atoms with Gasteiger partial charge in [0.2, 0.25) is 0 Å². The van der Waals surface area contributed by atoms with Gasteiger partial charge in [-0.15, -0.1) is 0 Å². The average Bonchev–Trinajstić information content (AvgIpc) is 2.87. The van der Waals surface area contributed by atoms with Crippen molar-refractivity contribution in [2.45, 2.75) is 38.5 Å². The molecule has 3 N–H and O–H groups in total. The molecule has 0 atom stereocenters. The average molecular weight is 522 g/mol. The number of aryl methyl sites for hydroxylation is 3. The van der Waals surface area contributed by atoms with Gasteiger partial charge in [0, 0.05) is 19.3 Å². The second-order valence-corrected chi connectivity index (χ2v) is 9.54. The molecule has 9 nitrogen and oxygen atoms in total. The van der Waals surface area contributed by atoms with Crippen molar-refractivity contribution in [3.63, 3.8) is 0 Å². The highest BCUT2D eigenvalue weighted by molar-refractivity contribution is 6.44. The summed E-state index contributed by atoms with van der Waals surface area (Å²) in [6.07, 6.45) is 0.858. The summed E-state index contributed by atoms with van der Waals surface area (Å²) in [6.45, 7) is 0. The lowest BCUT2D eigenvalue weighted by Crippen LogP contribution is -2.35. The van der Waals surface area contributed by atoms with E-state index < -0.39 is 33.1 Å². The molecule has 3 aromatic carbocycles. The van der Waals surface area contributed by atoms with Gasteiger partial charge in [0.15, 0.2) is 0 Å². The number of rotatable bonds is 12. The largest absolute Gasteiger partial charge is 1.20 e.